The quantitative estimate of drug-likeness (QED) is 0.456. The van der Waals surface area contributed by atoms with Crippen LogP contribution in [0, 0.1) is 0 Å². The summed E-state index contributed by atoms with van der Waals surface area (Å²) in [5.41, 5.74) is 3.53. The standard InChI is InChI=1S/C23H20ClN5O2S/c1-14(30)28-11-17(12-28)27-23(31)22-9-18(13-32-22)29-21-7-6-16(8-15(21)10-25-29)26-20-5-3-2-4-19(20)24/h2-10,13,17,26H,11-12H2,1H3,(H,27,31). The second-order valence-corrected chi connectivity index (χ2v) is 9.02. The zero-order chi connectivity index (χ0) is 22.2. The van der Waals surface area contributed by atoms with Crippen molar-refractivity contribution in [3.05, 3.63) is 70.0 Å². The molecule has 2 amide bonds. The fourth-order valence-electron chi connectivity index (χ4n) is 3.67. The fraction of sp³-hybridized carbons (Fsp3) is 0.174. The number of nitrogens with zero attached hydrogens (tertiary/aromatic N) is 3. The minimum atomic E-state index is -0.128. The van der Waals surface area contributed by atoms with Crippen molar-refractivity contribution in [2.24, 2.45) is 0 Å². The Balaban J connectivity index is 1.31. The van der Waals surface area contributed by atoms with Gasteiger partial charge in [-0.15, -0.1) is 11.3 Å². The van der Waals surface area contributed by atoms with Crippen LogP contribution in [0.15, 0.2) is 60.1 Å². The van der Waals surface area contributed by atoms with Gasteiger partial charge in [-0.2, -0.15) is 5.10 Å². The lowest BCUT2D eigenvalue weighted by atomic mass is 10.1. The van der Waals surface area contributed by atoms with E-state index in [1.54, 1.807) is 11.1 Å². The van der Waals surface area contributed by atoms with Crippen LogP contribution < -0.4 is 10.6 Å². The summed E-state index contributed by atoms with van der Waals surface area (Å²) in [6, 6.07) is 15.4. The summed E-state index contributed by atoms with van der Waals surface area (Å²) in [4.78, 5) is 26.2. The van der Waals surface area contributed by atoms with Crippen molar-refractivity contribution in [3.8, 4) is 5.69 Å². The van der Waals surface area contributed by atoms with Gasteiger partial charge in [0.05, 0.1) is 39.0 Å². The van der Waals surface area contributed by atoms with Crippen LogP contribution in [0.3, 0.4) is 0 Å². The van der Waals surface area contributed by atoms with Gasteiger partial charge in [0.2, 0.25) is 5.91 Å². The number of nitrogens with one attached hydrogen (secondary N) is 2. The second-order valence-electron chi connectivity index (χ2n) is 7.70. The van der Waals surface area contributed by atoms with Crippen molar-refractivity contribution in [1.82, 2.24) is 20.0 Å². The van der Waals surface area contributed by atoms with E-state index in [0.717, 1.165) is 28.0 Å². The molecule has 0 saturated carbocycles. The molecule has 2 aromatic heterocycles. The molecule has 0 aliphatic carbocycles. The molecule has 162 valence electrons. The number of likely N-dealkylation sites (tertiary alicyclic amines) is 1. The van der Waals surface area contributed by atoms with Crippen LogP contribution in [0.4, 0.5) is 11.4 Å². The lowest BCUT2D eigenvalue weighted by molar-refractivity contribution is -0.133. The van der Waals surface area contributed by atoms with Crippen LogP contribution >= 0.6 is 22.9 Å². The molecule has 1 saturated heterocycles. The zero-order valence-electron chi connectivity index (χ0n) is 17.2. The summed E-state index contributed by atoms with van der Waals surface area (Å²) in [5.74, 6) is -0.0955. The monoisotopic (exact) mass is 465 g/mol. The van der Waals surface area contributed by atoms with Crippen LogP contribution in [0.1, 0.15) is 16.6 Å². The lowest BCUT2D eigenvalue weighted by Crippen LogP contribution is -2.60. The van der Waals surface area contributed by atoms with E-state index in [0.29, 0.717) is 23.0 Å². The maximum Gasteiger partial charge on any atom is 0.261 e. The molecule has 0 spiro atoms. The van der Waals surface area contributed by atoms with Gasteiger partial charge in [0.25, 0.3) is 5.91 Å². The van der Waals surface area contributed by atoms with Crippen molar-refractivity contribution < 1.29 is 9.59 Å². The number of hydrogen-bond acceptors (Lipinski definition) is 5. The normalized spacial score (nSPS) is 13.8. The highest BCUT2D eigenvalue weighted by molar-refractivity contribution is 7.12. The smallest absolute Gasteiger partial charge is 0.261 e. The van der Waals surface area contributed by atoms with Gasteiger partial charge in [-0.05, 0) is 36.4 Å². The fourth-order valence-corrected chi connectivity index (χ4v) is 4.63. The largest absolute Gasteiger partial charge is 0.354 e. The topological polar surface area (TPSA) is 79.3 Å². The van der Waals surface area contributed by atoms with Gasteiger partial charge in [-0.3, -0.25) is 9.59 Å². The van der Waals surface area contributed by atoms with E-state index in [1.165, 1.54) is 18.3 Å². The van der Waals surface area contributed by atoms with Gasteiger partial charge in [0, 0.05) is 36.5 Å². The Hall–Kier alpha value is -3.36. The number of fused-ring (bicyclic) bond motifs is 1. The van der Waals surface area contributed by atoms with Crippen LogP contribution in [0.25, 0.3) is 16.6 Å². The number of aromatic nitrogens is 2. The molecular formula is C23H20ClN5O2S. The Morgan fingerprint density at radius 3 is 2.75 bits per heavy atom. The Labute approximate surface area is 193 Å². The first-order valence-corrected chi connectivity index (χ1v) is 11.4. The third kappa shape index (κ3) is 3.94. The summed E-state index contributed by atoms with van der Waals surface area (Å²) in [7, 11) is 0. The molecule has 0 unspecified atom stereocenters. The maximum absolute atomic E-state index is 12.6. The van der Waals surface area contributed by atoms with E-state index in [-0.39, 0.29) is 17.9 Å². The van der Waals surface area contributed by atoms with E-state index >= 15 is 0 Å². The third-order valence-corrected chi connectivity index (χ3v) is 6.68. The number of halogens is 1. The summed E-state index contributed by atoms with van der Waals surface area (Å²) in [6.07, 6.45) is 1.80. The number of para-hydroxylation sites is 1. The van der Waals surface area contributed by atoms with Gasteiger partial charge < -0.3 is 15.5 Å². The number of amides is 2. The molecule has 0 atom stereocenters. The molecule has 7 nitrogen and oxygen atoms in total. The minimum Gasteiger partial charge on any atom is -0.354 e. The van der Waals surface area contributed by atoms with Crippen molar-refractivity contribution in [2.45, 2.75) is 13.0 Å². The SMILES string of the molecule is CC(=O)N1CC(NC(=O)c2cc(-n3ncc4cc(Nc5ccccc5Cl)ccc43)cs2)C1. The molecule has 1 fully saturated rings. The number of anilines is 2. The van der Waals surface area contributed by atoms with E-state index < -0.39 is 0 Å². The molecule has 1 aliphatic rings. The Morgan fingerprint density at radius 1 is 1.16 bits per heavy atom. The number of rotatable bonds is 5. The molecule has 1 aliphatic heterocycles. The van der Waals surface area contributed by atoms with Crippen molar-refractivity contribution in [1.29, 1.82) is 0 Å². The zero-order valence-corrected chi connectivity index (χ0v) is 18.8. The second kappa shape index (κ2) is 8.29. The molecule has 2 N–H and O–H groups in total. The first-order valence-electron chi connectivity index (χ1n) is 10.1. The van der Waals surface area contributed by atoms with Crippen LogP contribution in [0.5, 0.6) is 0 Å². The molecule has 5 rings (SSSR count). The van der Waals surface area contributed by atoms with Crippen LogP contribution in [0.2, 0.25) is 5.02 Å². The number of carbonyl (C=O) groups excluding carboxylic acids is 2. The summed E-state index contributed by atoms with van der Waals surface area (Å²) in [5, 5.41) is 14.4. The molecule has 0 bridgehead atoms. The average molecular weight is 466 g/mol. The van der Waals surface area contributed by atoms with E-state index in [2.05, 4.69) is 15.7 Å². The molecule has 9 heteroatoms. The van der Waals surface area contributed by atoms with E-state index in [9.17, 15) is 9.59 Å². The van der Waals surface area contributed by atoms with Crippen LogP contribution in [-0.4, -0.2) is 45.6 Å². The van der Waals surface area contributed by atoms with Gasteiger partial charge >= 0.3 is 0 Å². The summed E-state index contributed by atoms with van der Waals surface area (Å²) >= 11 is 7.62. The molecule has 3 heterocycles. The number of carbonyl (C=O) groups is 2. The van der Waals surface area contributed by atoms with Gasteiger partial charge in [0.15, 0.2) is 0 Å². The van der Waals surface area contributed by atoms with Crippen molar-refractivity contribution >= 4 is 57.0 Å². The summed E-state index contributed by atoms with van der Waals surface area (Å²) in [6.45, 7) is 2.66. The van der Waals surface area contributed by atoms with Gasteiger partial charge in [-0.1, -0.05) is 23.7 Å². The predicted molar refractivity (Wildman–Crippen MR) is 127 cm³/mol. The molecular weight excluding hydrogens is 446 g/mol. The predicted octanol–water partition coefficient (Wildman–Crippen LogP) is 4.44. The Kier molecular flexibility index (Phi) is 5.32. The van der Waals surface area contributed by atoms with E-state index in [4.69, 9.17) is 11.6 Å². The van der Waals surface area contributed by atoms with Gasteiger partial charge in [0.1, 0.15) is 0 Å². The summed E-state index contributed by atoms with van der Waals surface area (Å²) < 4.78 is 1.82. The highest BCUT2D eigenvalue weighted by Gasteiger charge is 2.30. The third-order valence-electron chi connectivity index (χ3n) is 5.44. The lowest BCUT2D eigenvalue weighted by Gasteiger charge is -2.38. The Bertz CT molecular complexity index is 1320. The minimum absolute atomic E-state index is 0.00604. The van der Waals surface area contributed by atoms with Crippen LogP contribution in [-0.2, 0) is 4.79 Å². The van der Waals surface area contributed by atoms with Crippen molar-refractivity contribution in [2.75, 3.05) is 18.4 Å². The highest BCUT2D eigenvalue weighted by atomic mass is 35.5. The van der Waals surface area contributed by atoms with Crippen molar-refractivity contribution in [3.63, 3.8) is 0 Å². The number of thiophene rings is 1. The first kappa shape index (κ1) is 20.5. The number of hydrogen-bond donors (Lipinski definition) is 2. The molecule has 32 heavy (non-hydrogen) atoms. The Morgan fingerprint density at radius 2 is 1.97 bits per heavy atom. The highest BCUT2D eigenvalue weighted by Crippen LogP contribution is 2.29. The van der Waals surface area contributed by atoms with E-state index in [1.807, 2.05) is 58.6 Å². The molecule has 0 radical (unpaired) electrons. The maximum atomic E-state index is 12.6. The number of benzene rings is 2. The molecule has 4 aromatic rings. The molecule has 2 aromatic carbocycles. The van der Waals surface area contributed by atoms with Gasteiger partial charge in [-0.25, -0.2) is 4.68 Å². The average Bonchev–Trinajstić information content (AvgIpc) is 3.38. The first-order chi connectivity index (χ1) is 15.5.